The molecular formula is C31H25Cl2N5O6S2. The van der Waals surface area contributed by atoms with Crippen LogP contribution in [0.25, 0.3) is 32.2 Å². The number of thiophene rings is 1. The number of pyridine rings is 1. The number of aryl methyl sites for hydroxylation is 2. The van der Waals surface area contributed by atoms with Gasteiger partial charge >= 0.3 is 5.97 Å². The number of nitrogens with zero attached hydrogens (tertiary/aromatic N) is 5. The van der Waals surface area contributed by atoms with E-state index in [0.717, 1.165) is 0 Å². The molecule has 11 nitrogen and oxygen atoms in total. The molecule has 0 bridgehead atoms. The topological polar surface area (TPSA) is 155 Å². The number of ether oxygens (including phenoxy) is 1. The number of nitriles is 1. The number of rotatable bonds is 8. The zero-order valence-electron chi connectivity index (χ0n) is 24.7. The highest BCUT2D eigenvalue weighted by molar-refractivity contribution is 7.91. The Kier molecular flexibility index (Phi) is 8.18. The van der Waals surface area contributed by atoms with Crippen molar-refractivity contribution in [1.82, 2.24) is 14.5 Å². The van der Waals surface area contributed by atoms with Crippen molar-refractivity contribution < 1.29 is 23.1 Å². The van der Waals surface area contributed by atoms with Gasteiger partial charge in [0.2, 0.25) is 0 Å². The standard InChI is InChI=1S/C31H25Cl2N5O6S2/c1-15-8-20(29-27(35-15)22(14-45-29)31(40)41)19-9-17(32)4-5-25(19)44-7-6-38-16(2)36-24-10-23(33)28(21(11-34)26(24)30(38)39)37-12-18(13-37)46(3,42)43/h4-5,8-10,14,18H,6-7,12-13H2,1-3H3,(H,40,41). The third-order valence-electron chi connectivity index (χ3n) is 7.93. The van der Waals surface area contributed by atoms with E-state index >= 15 is 0 Å². The minimum Gasteiger partial charge on any atom is -0.491 e. The highest BCUT2D eigenvalue weighted by atomic mass is 35.5. The van der Waals surface area contributed by atoms with Crippen LogP contribution in [0.4, 0.5) is 5.69 Å². The number of sulfone groups is 1. The number of halogens is 2. The number of hydrogen-bond donors (Lipinski definition) is 1. The molecule has 0 amide bonds. The molecule has 3 aromatic heterocycles. The number of carboxylic acid groups (broad SMARTS) is 1. The summed E-state index contributed by atoms with van der Waals surface area (Å²) in [4.78, 5) is 36.3. The monoisotopic (exact) mass is 697 g/mol. The van der Waals surface area contributed by atoms with Crippen LogP contribution in [0.3, 0.4) is 0 Å². The molecule has 0 atom stereocenters. The summed E-state index contributed by atoms with van der Waals surface area (Å²) in [6, 6.07) is 10.6. The van der Waals surface area contributed by atoms with Gasteiger partial charge in [-0.25, -0.2) is 18.2 Å². The van der Waals surface area contributed by atoms with Gasteiger partial charge < -0.3 is 14.7 Å². The number of carboxylic acids is 1. The van der Waals surface area contributed by atoms with Gasteiger partial charge in [0.15, 0.2) is 9.84 Å². The van der Waals surface area contributed by atoms with Gasteiger partial charge in [0.25, 0.3) is 5.56 Å². The molecule has 0 aliphatic carbocycles. The van der Waals surface area contributed by atoms with Gasteiger partial charge in [0, 0.05) is 46.6 Å². The molecule has 15 heteroatoms. The summed E-state index contributed by atoms with van der Waals surface area (Å²) >= 11 is 14.2. The molecule has 46 heavy (non-hydrogen) atoms. The zero-order chi connectivity index (χ0) is 33.1. The molecule has 2 aromatic carbocycles. The van der Waals surface area contributed by atoms with E-state index in [4.69, 9.17) is 27.9 Å². The van der Waals surface area contributed by atoms with Crippen LogP contribution in [0.15, 0.2) is 40.5 Å². The Balaban J connectivity index is 1.34. The highest BCUT2D eigenvalue weighted by Gasteiger charge is 2.37. The Morgan fingerprint density at radius 3 is 2.59 bits per heavy atom. The van der Waals surface area contributed by atoms with E-state index in [0.29, 0.717) is 49.3 Å². The number of aromatic nitrogens is 3. The molecule has 4 heterocycles. The van der Waals surface area contributed by atoms with E-state index in [9.17, 15) is 28.4 Å². The molecule has 236 valence electrons. The van der Waals surface area contributed by atoms with Crippen LogP contribution >= 0.6 is 34.5 Å². The largest absolute Gasteiger partial charge is 0.491 e. The molecule has 1 fully saturated rings. The average Bonchev–Trinajstić information content (AvgIpc) is 3.38. The van der Waals surface area contributed by atoms with Crippen LogP contribution in [-0.4, -0.2) is 65.2 Å². The van der Waals surface area contributed by atoms with Gasteiger partial charge in [-0.3, -0.25) is 14.3 Å². The second kappa shape index (κ2) is 11.9. The van der Waals surface area contributed by atoms with Gasteiger partial charge in [-0.15, -0.1) is 11.3 Å². The van der Waals surface area contributed by atoms with Gasteiger partial charge in [-0.1, -0.05) is 23.2 Å². The summed E-state index contributed by atoms with van der Waals surface area (Å²) < 4.78 is 32.2. The summed E-state index contributed by atoms with van der Waals surface area (Å²) in [6.07, 6.45) is 1.17. The fourth-order valence-electron chi connectivity index (χ4n) is 5.59. The molecule has 0 saturated carbocycles. The fraction of sp³-hybridized carbons (Fsp3) is 0.258. The minimum atomic E-state index is -3.27. The lowest BCUT2D eigenvalue weighted by atomic mass is 10.0. The smallest absolute Gasteiger partial charge is 0.338 e. The van der Waals surface area contributed by atoms with Crippen molar-refractivity contribution in [1.29, 1.82) is 5.26 Å². The first-order chi connectivity index (χ1) is 21.8. The summed E-state index contributed by atoms with van der Waals surface area (Å²) in [5.74, 6) is -0.219. The lowest BCUT2D eigenvalue weighted by Gasteiger charge is -2.40. The van der Waals surface area contributed by atoms with Crippen LogP contribution in [0.2, 0.25) is 10.0 Å². The third kappa shape index (κ3) is 5.55. The number of anilines is 1. The molecule has 0 radical (unpaired) electrons. The number of hydrogen-bond acceptors (Lipinski definition) is 10. The molecule has 1 aliphatic heterocycles. The summed E-state index contributed by atoms with van der Waals surface area (Å²) in [6.45, 7) is 3.91. The number of fused-ring (bicyclic) bond motifs is 2. The first kappa shape index (κ1) is 31.7. The maximum Gasteiger partial charge on any atom is 0.338 e. The van der Waals surface area contributed by atoms with Crippen LogP contribution in [0.5, 0.6) is 5.75 Å². The van der Waals surface area contributed by atoms with E-state index in [-0.39, 0.29) is 53.3 Å². The first-order valence-corrected chi connectivity index (χ1v) is 17.5. The number of carbonyl (C=O) groups is 1. The maximum absolute atomic E-state index is 13.8. The number of aromatic carboxylic acids is 1. The van der Waals surface area contributed by atoms with Crippen molar-refractivity contribution in [2.75, 3.05) is 30.9 Å². The van der Waals surface area contributed by atoms with Crippen LogP contribution in [0.1, 0.15) is 27.4 Å². The van der Waals surface area contributed by atoms with Crippen molar-refractivity contribution in [2.45, 2.75) is 25.6 Å². The highest BCUT2D eigenvalue weighted by Crippen LogP contribution is 2.41. The molecule has 6 rings (SSSR count). The van der Waals surface area contributed by atoms with Crippen LogP contribution in [-0.2, 0) is 16.4 Å². The lowest BCUT2D eigenvalue weighted by Crippen LogP contribution is -2.55. The minimum absolute atomic E-state index is 0.0374. The first-order valence-electron chi connectivity index (χ1n) is 13.9. The second-order valence-corrected chi connectivity index (χ2v) is 15.0. The van der Waals surface area contributed by atoms with E-state index in [1.807, 2.05) is 6.07 Å². The molecule has 0 spiro atoms. The van der Waals surface area contributed by atoms with Crippen molar-refractivity contribution >= 4 is 77.2 Å². The molecule has 1 N–H and O–H groups in total. The van der Waals surface area contributed by atoms with Crippen molar-refractivity contribution in [3.63, 3.8) is 0 Å². The van der Waals surface area contributed by atoms with Gasteiger partial charge in [-0.2, -0.15) is 5.26 Å². The van der Waals surface area contributed by atoms with Gasteiger partial charge in [0.05, 0.1) is 54.8 Å². The molecule has 1 saturated heterocycles. The molecule has 1 aliphatic rings. The predicted octanol–water partition coefficient (Wildman–Crippen LogP) is 5.48. The molecule has 0 unspecified atom stereocenters. The zero-order valence-corrected chi connectivity index (χ0v) is 27.8. The summed E-state index contributed by atoms with van der Waals surface area (Å²) in [7, 11) is -3.27. The summed E-state index contributed by atoms with van der Waals surface area (Å²) in [5, 5.41) is 21.5. The van der Waals surface area contributed by atoms with E-state index in [1.54, 1.807) is 42.3 Å². The fourth-order valence-corrected chi connectivity index (χ4v) is 8.00. The molecular weight excluding hydrogens is 673 g/mol. The van der Waals surface area contributed by atoms with E-state index in [2.05, 4.69) is 16.0 Å². The normalized spacial score (nSPS) is 13.6. The summed E-state index contributed by atoms with van der Waals surface area (Å²) in [5.41, 5.74) is 2.61. The van der Waals surface area contributed by atoms with E-state index in [1.165, 1.54) is 28.2 Å². The Bertz CT molecular complexity index is 2310. The van der Waals surface area contributed by atoms with Gasteiger partial charge in [0.1, 0.15) is 24.3 Å². The van der Waals surface area contributed by atoms with Crippen molar-refractivity contribution in [3.05, 3.63) is 78.8 Å². The Morgan fingerprint density at radius 2 is 1.91 bits per heavy atom. The van der Waals surface area contributed by atoms with Crippen LogP contribution < -0.4 is 15.2 Å². The maximum atomic E-state index is 13.8. The SMILES string of the molecule is Cc1cc(-c2cc(Cl)ccc2OCCn2c(C)nc3cc(Cl)c(N4CC(S(C)(=O)=O)C4)c(C#N)c3c2=O)c2scc(C(=O)O)c2n1. The van der Waals surface area contributed by atoms with Gasteiger partial charge in [-0.05, 0) is 44.2 Å². The van der Waals surface area contributed by atoms with Crippen molar-refractivity contribution in [3.8, 4) is 22.9 Å². The quantitative estimate of drug-likeness (QED) is 0.220. The Labute approximate surface area is 277 Å². The second-order valence-electron chi connectivity index (χ2n) is 11.0. The van der Waals surface area contributed by atoms with E-state index < -0.39 is 26.6 Å². The average molecular weight is 699 g/mol. The Morgan fingerprint density at radius 1 is 1.17 bits per heavy atom. The Hall–Kier alpha value is -4.22. The van der Waals surface area contributed by atoms with Crippen LogP contribution in [0, 0.1) is 25.2 Å². The third-order valence-corrected chi connectivity index (χ3v) is 11.0. The lowest BCUT2D eigenvalue weighted by molar-refractivity contribution is 0.0699. The number of benzene rings is 2. The van der Waals surface area contributed by atoms with Crippen molar-refractivity contribution in [2.24, 2.45) is 0 Å². The predicted molar refractivity (Wildman–Crippen MR) is 179 cm³/mol. The molecule has 5 aromatic rings.